The molecule has 0 radical (unpaired) electrons. The van der Waals surface area contributed by atoms with Crippen molar-refractivity contribution in [1.82, 2.24) is 4.90 Å². The molecular weight excluding hydrogens is 229 g/mol. The first-order chi connectivity index (χ1) is 8.65. The van der Waals surface area contributed by atoms with Crippen molar-refractivity contribution < 1.29 is 9.18 Å². The van der Waals surface area contributed by atoms with Gasteiger partial charge in [-0.15, -0.1) is 0 Å². The summed E-state index contributed by atoms with van der Waals surface area (Å²) in [4.78, 5) is 13.6. The topological polar surface area (TPSA) is 20.3 Å². The minimum atomic E-state index is -0.197. The average molecular weight is 249 g/mol. The lowest BCUT2D eigenvalue weighted by molar-refractivity contribution is -0.118. The molecule has 0 bridgehead atoms. The first kappa shape index (κ1) is 13.2. The molecule has 2 nitrogen and oxygen atoms in total. The molecule has 98 valence electrons. The van der Waals surface area contributed by atoms with E-state index in [0.29, 0.717) is 12.5 Å². The van der Waals surface area contributed by atoms with Gasteiger partial charge in [0, 0.05) is 19.0 Å². The molecule has 1 aromatic carbocycles. The van der Waals surface area contributed by atoms with E-state index in [1.807, 2.05) is 12.1 Å². The van der Waals surface area contributed by atoms with Crippen molar-refractivity contribution in [2.75, 3.05) is 6.54 Å². The van der Waals surface area contributed by atoms with Crippen molar-refractivity contribution in [3.8, 4) is 0 Å². The fourth-order valence-corrected chi connectivity index (χ4v) is 2.66. The molecule has 1 aliphatic heterocycles. The molecule has 2 rings (SSSR count). The summed E-state index contributed by atoms with van der Waals surface area (Å²) in [5.74, 6) is 0.0590. The Balaban J connectivity index is 2.00. The second-order valence-electron chi connectivity index (χ2n) is 5.15. The van der Waals surface area contributed by atoms with E-state index in [-0.39, 0.29) is 11.6 Å². The lowest BCUT2D eigenvalue weighted by atomic mass is 9.97. The third-order valence-electron chi connectivity index (χ3n) is 3.57. The van der Waals surface area contributed by atoms with E-state index in [2.05, 4.69) is 4.90 Å². The van der Waals surface area contributed by atoms with Crippen LogP contribution < -0.4 is 0 Å². The second-order valence-corrected chi connectivity index (χ2v) is 5.15. The van der Waals surface area contributed by atoms with Crippen molar-refractivity contribution >= 4 is 5.78 Å². The Labute approximate surface area is 108 Å². The van der Waals surface area contributed by atoms with Crippen molar-refractivity contribution in [3.05, 3.63) is 35.6 Å². The Morgan fingerprint density at radius 1 is 1.33 bits per heavy atom. The zero-order valence-corrected chi connectivity index (χ0v) is 10.9. The second kappa shape index (κ2) is 6.10. The Morgan fingerprint density at radius 2 is 2.06 bits per heavy atom. The normalized spacial score (nSPS) is 20.9. The van der Waals surface area contributed by atoms with Crippen LogP contribution in [0.25, 0.3) is 0 Å². The van der Waals surface area contributed by atoms with E-state index in [9.17, 15) is 9.18 Å². The highest BCUT2D eigenvalue weighted by atomic mass is 19.1. The van der Waals surface area contributed by atoms with Crippen LogP contribution in [0.1, 0.15) is 38.2 Å². The number of piperidine rings is 1. The van der Waals surface area contributed by atoms with E-state index in [1.54, 1.807) is 6.92 Å². The SMILES string of the molecule is CC(=O)CC1CCCCN1Cc1ccc(F)cc1. The first-order valence-corrected chi connectivity index (χ1v) is 6.63. The third kappa shape index (κ3) is 3.64. The molecule has 1 atom stereocenters. The monoisotopic (exact) mass is 249 g/mol. The van der Waals surface area contributed by atoms with Crippen LogP contribution in [0.15, 0.2) is 24.3 Å². The number of hydrogen-bond donors (Lipinski definition) is 0. The average Bonchev–Trinajstić information content (AvgIpc) is 2.34. The molecule has 0 spiro atoms. The minimum absolute atomic E-state index is 0.197. The Morgan fingerprint density at radius 3 is 2.72 bits per heavy atom. The van der Waals surface area contributed by atoms with Gasteiger partial charge in [0.05, 0.1) is 0 Å². The molecule has 1 saturated heterocycles. The zero-order chi connectivity index (χ0) is 13.0. The summed E-state index contributed by atoms with van der Waals surface area (Å²) in [6, 6.07) is 7.02. The lowest BCUT2D eigenvalue weighted by Gasteiger charge is -2.35. The van der Waals surface area contributed by atoms with Crippen LogP contribution in [0.5, 0.6) is 0 Å². The lowest BCUT2D eigenvalue weighted by Crippen LogP contribution is -2.39. The van der Waals surface area contributed by atoms with E-state index in [0.717, 1.165) is 25.1 Å². The van der Waals surface area contributed by atoms with Crippen molar-refractivity contribution in [2.24, 2.45) is 0 Å². The summed E-state index contributed by atoms with van der Waals surface area (Å²) >= 11 is 0. The predicted octanol–water partition coefficient (Wildman–Crippen LogP) is 3.16. The molecule has 0 aliphatic carbocycles. The molecule has 1 aromatic rings. The number of rotatable bonds is 4. The number of carbonyl (C=O) groups excluding carboxylic acids is 1. The Hall–Kier alpha value is -1.22. The molecule has 18 heavy (non-hydrogen) atoms. The standard InChI is InChI=1S/C15H20FNO/c1-12(18)10-15-4-2-3-9-17(15)11-13-5-7-14(16)8-6-13/h5-8,15H,2-4,9-11H2,1H3. The van der Waals surface area contributed by atoms with Gasteiger partial charge in [0.2, 0.25) is 0 Å². The molecule has 3 heteroatoms. The fraction of sp³-hybridized carbons (Fsp3) is 0.533. The number of hydrogen-bond acceptors (Lipinski definition) is 2. The van der Waals surface area contributed by atoms with Gasteiger partial charge in [-0.25, -0.2) is 4.39 Å². The van der Waals surface area contributed by atoms with Crippen LogP contribution in [0.3, 0.4) is 0 Å². The summed E-state index contributed by atoms with van der Waals surface area (Å²) in [7, 11) is 0. The summed E-state index contributed by atoms with van der Waals surface area (Å²) < 4.78 is 12.9. The first-order valence-electron chi connectivity index (χ1n) is 6.63. The molecule has 1 aliphatic rings. The van der Waals surface area contributed by atoms with Crippen molar-refractivity contribution in [1.29, 1.82) is 0 Å². The molecule has 1 fully saturated rings. The predicted molar refractivity (Wildman–Crippen MR) is 69.7 cm³/mol. The van der Waals surface area contributed by atoms with Crippen LogP contribution >= 0.6 is 0 Å². The maximum absolute atomic E-state index is 12.9. The highest BCUT2D eigenvalue weighted by Crippen LogP contribution is 2.22. The summed E-state index contributed by atoms with van der Waals surface area (Å²) in [5, 5.41) is 0. The van der Waals surface area contributed by atoms with Crippen LogP contribution in [0.2, 0.25) is 0 Å². The molecule has 0 aromatic heterocycles. The van der Waals surface area contributed by atoms with Gasteiger partial charge in [0.25, 0.3) is 0 Å². The third-order valence-corrected chi connectivity index (χ3v) is 3.57. The van der Waals surface area contributed by atoms with Gasteiger partial charge < -0.3 is 0 Å². The van der Waals surface area contributed by atoms with E-state index in [4.69, 9.17) is 0 Å². The molecule has 0 amide bonds. The van der Waals surface area contributed by atoms with E-state index >= 15 is 0 Å². The Bertz CT molecular complexity index is 401. The van der Waals surface area contributed by atoms with Crippen molar-refractivity contribution in [3.63, 3.8) is 0 Å². The summed E-state index contributed by atoms with van der Waals surface area (Å²) in [6.45, 7) is 3.51. The van der Waals surface area contributed by atoms with Crippen LogP contribution in [0.4, 0.5) is 4.39 Å². The number of nitrogens with zero attached hydrogens (tertiary/aromatic N) is 1. The van der Waals surface area contributed by atoms with Gasteiger partial charge in [-0.05, 0) is 44.0 Å². The maximum atomic E-state index is 12.9. The van der Waals surface area contributed by atoms with Gasteiger partial charge in [-0.1, -0.05) is 18.6 Å². The van der Waals surface area contributed by atoms with Crippen molar-refractivity contribution in [2.45, 2.75) is 45.2 Å². The number of benzene rings is 1. The van der Waals surface area contributed by atoms with E-state index < -0.39 is 0 Å². The quantitative estimate of drug-likeness (QED) is 0.817. The van der Waals surface area contributed by atoms with Crippen LogP contribution in [-0.2, 0) is 11.3 Å². The summed E-state index contributed by atoms with van der Waals surface area (Å²) in [6.07, 6.45) is 4.13. The highest BCUT2D eigenvalue weighted by Gasteiger charge is 2.23. The Kier molecular flexibility index (Phi) is 4.48. The zero-order valence-electron chi connectivity index (χ0n) is 10.9. The fourth-order valence-electron chi connectivity index (χ4n) is 2.66. The molecule has 0 saturated carbocycles. The summed E-state index contributed by atoms with van der Waals surface area (Å²) in [5.41, 5.74) is 1.12. The van der Waals surface area contributed by atoms with Crippen LogP contribution in [-0.4, -0.2) is 23.3 Å². The van der Waals surface area contributed by atoms with E-state index in [1.165, 1.54) is 25.0 Å². The molecule has 1 unspecified atom stereocenters. The minimum Gasteiger partial charge on any atom is -0.300 e. The maximum Gasteiger partial charge on any atom is 0.131 e. The number of likely N-dealkylation sites (tertiary alicyclic amines) is 1. The highest BCUT2D eigenvalue weighted by molar-refractivity contribution is 5.76. The number of halogens is 1. The van der Waals surface area contributed by atoms with Gasteiger partial charge in [0.15, 0.2) is 0 Å². The molecule has 1 heterocycles. The van der Waals surface area contributed by atoms with Gasteiger partial charge in [-0.2, -0.15) is 0 Å². The number of Topliss-reactive ketones (excluding diaryl/α,β-unsaturated/α-hetero) is 1. The largest absolute Gasteiger partial charge is 0.300 e. The number of carbonyl (C=O) groups is 1. The van der Waals surface area contributed by atoms with Crippen LogP contribution in [0, 0.1) is 5.82 Å². The van der Waals surface area contributed by atoms with Gasteiger partial charge >= 0.3 is 0 Å². The molecular formula is C15H20FNO. The van der Waals surface area contributed by atoms with Gasteiger partial charge in [-0.3, -0.25) is 9.69 Å². The number of ketones is 1. The molecule has 0 N–H and O–H groups in total. The van der Waals surface area contributed by atoms with Gasteiger partial charge in [0.1, 0.15) is 11.6 Å². The smallest absolute Gasteiger partial charge is 0.131 e.